The van der Waals surface area contributed by atoms with Crippen molar-refractivity contribution in [3.8, 4) is 11.3 Å². The lowest BCUT2D eigenvalue weighted by atomic mass is 9.89. The average molecular weight is 536 g/mol. The van der Waals surface area contributed by atoms with E-state index in [-0.39, 0.29) is 5.91 Å². The molecule has 0 radical (unpaired) electrons. The highest BCUT2D eigenvalue weighted by Gasteiger charge is 2.33. The quantitative estimate of drug-likeness (QED) is 0.409. The van der Waals surface area contributed by atoms with Crippen molar-refractivity contribution in [1.29, 1.82) is 0 Å². The predicted octanol–water partition coefficient (Wildman–Crippen LogP) is 4.65. The second-order valence-electron chi connectivity index (χ2n) is 10.9. The van der Waals surface area contributed by atoms with Crippen molar-refractivity contribution in [3.05, 3.63) is 53.8 Å². The number of benzene rings is 1. The normalized spacial score (nSPS) is 22.3. The zero-order chi connectivity index (χ0) is 26.6. The van der Waals surface area contributed by atoms with Crippen molar-refractivity contribution >= 4 is 34.4 Å². The number of carbonyl (C=O) groups excluding carboxylic acids is 1. The maximum absolute atomic E-state index is 12.6. The number of nitrogens with one attached hydrogen (secondary N) is 2. The number of aromatic nitrogens is 3. The zero-order valence-electron chi connectivity index (χ0n) is 22.5. The summed E-state index contributed by atoms with van der Waals surface area (Å²) in [5.41, 5.74) is 2.78. The third-order valence-electron chi connectivity index (χ3n) is 7.93. The van der Waals surface area contributed by atoms with E-state index in [2.05, 4.69) is 38.2 Å². The molecule has 3 aromatic rings. The summed E-state index contributed by atoms with van der Waals surface area (Å²) in [6, 6.07) is 9.31. The van der Waals surface area contributed by atoms with Gasteiger partial charge in [-0.2, -0.15) is 0 Å². The Morgan fingerprint density at radius 2 is 2.05 bits per heavy atom. The molecule has 1 amide bonds. The molecule has 1 aromatic carbocycles. The van der Waals surface area contributed by atoms with E-state index in [1.165, 1.54) is 6.42 Å². The monoisotopic (exact) mass is 535 g/mol. The molecule has 5 rings (SSSR count). The lowest BCUT2D eigenvalue weighted by Crippen LogP contribution is -2.46. The zero-order valence-corrected chi connectivity index (χ0v) is 23.3. The molecular formula is C29H38ClN7O. The van der Waals surface area contributed by atoms with Crippen LogP contribution in [0.5, 0.6) is 0 Å². The number of H-pyrrole nitrogens is 1. The number of amides is 1. The van der Waals surface area contributed by atoms with Gasteiger partial charge in [-0.1, -0.05) is 35.9 Å². The SMILES string of the molecule is CN(C)C/C=C/C(=O)N1CC[C@H](N(C)[C@H]2CCC[C@@H](Nc3ncc(Cl)c(-c4c[nH]c5ccccc45)n3)C2)C1. The minimum atomic E-state index is 0.122. The highest BCUT2D eigenvalue weighted by atomic mass is 35.5. The van der Waals surface area contributed by atoms with E-state index in [1.807, 2.05) is 49.5 Å². The number of anilines is 1. The van der Waals surface area contributed by atoms with Gasteiger partial charge in [-0.05, 0) is 59.3 Å². The van der Waals surface area contributed by atoms with Gasteiger partial charge >= 0.3 is 0 Å². The fraction of sp³-hybridized carbons (Fsp3) is 0.483. The van der Waals surface area contributed by atoms with Gasteiger partial charge in [0, 0.05) is 66.5 Å². The number of likely N-dealkylation sites (tertiary alicyclic amines) is 1. The van der Waals surface area contributed by atoms with E-state index in [4.69, 9.17) is 16.6 Å². The first kappa shape index (κ1) is 26.7. The number of halogens is 1. The third kappa shape index (κ3) is 6.03. The fourth-order valence-corrected chi connectivity index (χ4v) is 5.98. The molecular weight excluding hydrogens is 498 g/mol. The van der Waals surface area contributed by atoms with Crippen molar-refractivity contribution in [2.24, 2.45) is 0 Å². The fourth-order valence-electron chi connectivity index (χ4n) is 5.78. The molecule has 1 saturated carbocycles. The maximum Gasteiger partial charge on any atom is 0.246 e. The molecule has 9 heteroatoms. The second-order valence-corrected chi connectivity index (χ2v) is 11.3. The summed E-state index contributed by atoms with van der Waals surface area (Å²) in [5, 5.41) is 5.23. The van der Waals surface area contributed by atoms with Gasteiger partial charge in [0.15, 0.2) is 0 Å². The van der Waals surface area contributed by atoms with E-state index in [9.17, 15) is 4.79 Å². The number of likely N-dealkylation sites (N-methyl/N-ethyl adjacent to an activating group) is 2. The smallest absolute Gasteiger partial charge is 0.246 e. The number of aromatic amines is 1. The molecule has 2 aliphatic rings. The Labute approximate surface area is 230 Å². The van der Waals surface area contributed by atoms with Crippen molar-refractivity contribution in [2.75, 3.05) is 46.1 Å². The summed E-state index contributed by atoms with van der Waals surface area (Å²) < 4.78 is 0. The van der Waals surface area contributed by atoms with Crippen LogP contribution in [-0.2, 0) is 4.79 Å². The molecule has 0 spiro atoms. The number of rotatable bonds is 8. The van der Waals surface area contributed by atoms with Crippen LogP contribution in [0.1, 0.15) is 32.1 Å². The van der Waals surface area contributed by atoms with Gasteiger partial charge in [0.1, 0.15) is 0 Å². The molecule has 8 nitrogen and oxygen atoms in total. The molecule has 1 saturated heterocycles. The number of fused-ring (bicyclic) bond motifs is 1. The molecule has 0 unspecified atom stereocenters. The summed E-state index contributed by atoms with van der Waals surface area (Å²) in [7, 11) is 6.23. The average Bonchev–Trinajstić information content (AvgIpc) is 3.57. The van der Waals surface area contributed by atoms with Crippen LogP contribution >= 0.6 is 11.6 Å². The molecule has 3 heterocycles. The van der Waals surface area contributed by atoms with Crippen LogP contribution in [0.3, 0.4) is 0 Å². The Bertz CT molecular complexity index is 1290. The molecule has 1 aliphatic carbocycles. The number of carbonyl (C=O) groups is 1. The topological polar surface area (TPSA) is 80.4 Å². The highest BCUT2D eigenvalue weighted by Crippen LogP contribution is 2.33. The summed E-state index contributed by atoms with van der Waals surface area (Å²) in [6.45, 7) is 2.40. The molecule has 0 bridgehead atoms. The van der Waals surface area contributed by atoms with E-state index >= 15 is 0 Å². The van der Waals surface area contributed by atoms with Gasteiger partial charge in [-0.15, -0.1) is 0 Å². The Morgan fingerprint density at radius 3 is 2.89 bits per heavy atom. The lowest BCUT2D eigenvalue weighted by Gasteiger charge is -2.38. The molecule has 3 atom stereocenters. The van der Waals surface area contributed by atoms with E-state index in [1.54, 1.807) is 12.3 Å². The van der Waals surface area contributed by atoms with Gasteiger partial charge in [0.25, 0.3) is 0 Å². The Morgan fingerprint density at radius 1 is 1.21 bits per heavy atom. The minimum absolute atomic E-state index is 0.122. The van der Waals surface area contributed by atoms with Gasteiger partial charge < -0.3 is 20.1 Å². The summed E-state index contributed by atoms with van der Waals surface area (Å²) in [6.07, 6.45) is 12.8. The molecule has 38 heavy (non-hydrogen) atoms. The highest BCUT2D eigenvalue weighted by molar-refractivity contribution is 6.33. The van der Waals surface area contributed by atoms with Crippen LogP contribution in [-0.4, -0.2) is 94.5 Å². The van der Waals surface area contributed by atoms with Gasteiger partial charge in [-0.3, -0.25) is 9.69 Å². The number of nitrogens with zero attached hydrogens (tertiary/aromatic N) is 5. The van der Waals surface area contributed by atoms with Crippen molar-refractivity contribution < 1.29 is 4.79 Å². The molecule has 202 valence electrons. The molecule has 2 N–H and O–H groups in total. The Balaban J connectivity index is 1.21. The van der Waals surface area contributed by atoms with Gasteiger partial charge in [0.05, 0.1) is 16.9 Å². The number of hydrogen-bond acceptors (Lipinski definition) is 6. The Hall–Kier alpha value is -2.94. The maximum atomic E-state index is 12.6. The van der Waals surface area contributed by atoms with E-state index in [0.29, 0.717) is 29.1 Å². The predicted molar refractivity (Wildman–Crippen MR) is 154 cm³/mol. The number of para-hydroxylation sites is 1. The standard InChI is InChI=1S/C29H38ClN7O/c1-35(2)14-7-12-27(38)37-15-13-22(19-37)36(3)21-9-6-8-20(16-21)33-29-32-18-25(30)28(34-29)24-17-31-26-11-5-4-10-23(24)26/h4-5,7,10-12,17-18,20-22,31H,6,8-9,13-16,19H2,1-3H3,(H,32,33,34)/b12-7+/t20-,21+,22+/m1/s1. The lowest BCUT2D eigenvalue weighted by molar-refractivity contribution is -0.125. The van der Waals surface area contributed by atoms with Gasteiger partial charge in [0.2, 0.25) is 11.9 Å². The number of hydrogen-bond donors (Lipinski definition) is 2. The molecule has 2 fully saturated rings. The van der Waals surface area contributed by atoms with Crippen LogP contribution in [0.15, 0.2) is 48.8 Å². The van der Waals surface area contributed by atoms with E-state index in [0.717, 1.165) is 67.5 Å². The van der Waals surface area contributed by atoms with Crippen LogP contribution in [0, 0.1) is 0 Å². The van der Waals surface area contributed by atoms with Crippen molar-refractivity contribution in [3.63, 3.8) is 0 Å². The van der Waals surface area contributed by atoms with Crippen LogP contribution in [0.2, 0.25) is 5.02 Å². The first-order chi connectivity index (χ1) is 18.4. The van der Waals surface area contributed by atoms with Crippen LogP contribution in [0.25, 0.3) is 22.2 Å². The van der Waals surface area contributed by atoms with Crippen LogP contribution < -0.4 is 5.32 Å². The second kappa shape index (κ2) is 11.8. The van der Waals surface area contributed by atoms with Crippen LogP contribution in [0.4, 0.5) is 5.95 Å². The molecule has 2 aromatic heterocycles. The van der Waals surface area contributed by atoms with Gasteiger partial charge in [-0.25, -0.2) is 9.97 Å². The summed E-state index contributed by atoms with van der Waals surface area (Å²) in [4.78, 5) is 31.8. The minimum Gasteiger partial charge on any atom is -0.360 e. The summed E-state index contributed by atoms with van der Waals surface area (Å²) in [5.74, 6) is 0.738. The summed E-state index contributed by atoms with van der Waals surface area (Å²) >= 11 is 6.54. The van der Waals surface area contributed by atoms with Crippen molar-refractivity contribution in [2.45, 2.75) is 50.2 Å². The third-order valence-corrected chi connectivity index (χ3v) is 8.20. The Kier molecular flexibility index (Phi) is 8.31. The first-order valence-corrected chi connectivity index (χ1v) is 13.9. The van der Waals surface area contributed by atoms with E-state index < -0.39 is 0 Å². The first-order valence-electron chi connectivity index (χ1n) is 13.6. The largest absolute Gasteiger partial charge is 0.360 e. The molecule has 1 aliphatic heterocycles. The van der Waals surface area contributed by atoms with Crippen molar-refractivity contribution in [1.82, 2.24) is 29.7 Å².